The summed E-state index contributed by atoms with van der Waals surface area (Å²) in [6, 6.07) is 17.5. The lowest BCUT2D eigenvalue weighted by Crippen LogP contribution is -2.40. The number of fused-ring (bicyclic) bond motifs is 1. The minimum absolute atomic E-state index is 0.0443. The molecule has 0 fully saturated rings. The van der Waals surface area contributed by atoms with Crippen LogP contribution in [-0.4, -0.2) is 32.1 Å². The molecule has 0 saturated heterocycles. The Kier molecular flexibility index (Phi) is 8.23. The summed E-state index contributed by atoms with van der Waals surface area (Å²) in [6.45, 7) is 5.87. The third-order valence-corrected chi connectivity index (χ3v) is 8.06. The second-order valence-electron chi connectivity index (χ2n) is 10.2. The molecule has 2 heterocycles. The number of carbonyl (C=O) groups excluding carboxylic acids is 1. The lowest BCUT2D eigenvalue weighted by atomic mass is 9.91. The summed E-state index contributed by atoms with van der Waals surface area (Å²) in [5.74, 6) is -1.49. The van der Waals surface area contributed by atoms with Crippen molar-refractivity contribution in [3.8, 4) is 5.75 Å². The molecular weight excluding hydrogens is 588 g/mol. The van der Waals surface area contributed by atoms with Crippen LogP contribution >= 0.6 is 11.3 Å². The zero-order chi connectivity index (χ0) is 31.7. The van der Waals surface area contributed by atoms with Gasteiger partial charge in [0.05, 0.1) is 38.3 Å². The van der Waals surface area contributed by atoms with Crippen molar-refractivity contribution in [2.75, 3.05) is 6.61 Å². The number of thiazole rings is 1. The lowest BCUT2D eigenvalue weighted by Gasteiger charge is -2.26. The number of phenolic OH excluding ortho intramolecular Hbond substituents is 1. The molecule has 44 heavy (non-hydrogen) atoms. The van der Waals surface area contributed by atoms with E-state index in [0.717, 1.165) is 29.0 Å². The molecule has 0 saturated carbocycles. The monoisotopic (exact) mass is 614 g/mol. The van der Waals surface area contributed by atoms with Gasteiger partial charge in [0.2, 0.25) is 0 Å². The molecule has 0 amide bonds. The minimum atomic E-state index is -1.09. The Morgan fingerprint density at radius 1 is 1.07 bits per heavy atom. The average Bonchev–Trinajstić information content (AvgIpc) is 3.31. The van der Waals surface area contributed by atoms with E-state index in [0.29, 0.717) is 16.8 Å². The van der Waals surface area contributed by atoms with Crippen LogP contribution in [0, 0.1) is 20.2 Å². The van der Waals surface area contributed by atoms with E-state index in [1.807, 2.05) is 44.2 Å². The number of rotatable bonds is 8. The molecule has 224 valence electrons. The van der Waals surface area contributed by atoms with Gasteiger partial charge in [0.25, 0.3) is 11.3 Å². The first-order valence-electron chi connectivity index (χ1n) is 13.6. The van der Waals surface area contributed by atoms with Crippen molar-refractivity contribution in [3.63, 3.8) is 0 Å². The van der Waals surface area contributed by atoms with E-state index in [1.165, 1.54) is 10.6 Å². The molecule has 1 aliphatic heterocycles. The molecule has 1 aromatic heterocycles. The van der Waals surface area contributed by atoms with Gasteiger partial charge in [-0.05, 0) is 35.6 Å². The van der Waals surface area contributed by atoms with Gasteiger partial charge in [-0.2, -0.15) is 0 Å². The molecule has 1 N–H and O–H groups in total. The highest BCUT2D eigenvalue weighted by molar-refractivity contribution is 7.07. The number of aromatic hydroxyl groups is 1. The van der Waals surface area contributed by atoms with E-state index in [-0.39, 0.29) is 33.0 Å². The smallest absolute Gasteiger partial charge is 0.338 e. The number of nitro groups is 2. The standard InChI is InChI=1S/C31H26N4O8S/c1-4-43-30(38)25-26(20-8-6-5-7-9-20)32-31-33(27(25)21-12-10-19(11-13-21)17(2)3)29(37)24(44-31)16-18-14-22(34(39)40)28(36)23(15-18)35(41)42/h5-17,27,36H,4H2,1-3H3/b24-16-/t27-/m1/s1. The highest BCUT2D eigenvalue weighted by Gasteiger charge is 2.35. The second-order valence-corrected chi connectivity index (χ2v) is 11.2. The van der Waals surface area contributed by atoms with E-state index in [1.54, 1.807) is 31.2 Å². The Labute approximate surface area is 253 Å². The van der Waals surface area contributed by atoms with Gasteiger partial charge in [0.1, 0.15) is 0 Å². The van der Waals surface area contributed by atoms with Gasteiger partial charge in [-0.15, -0.1) is 0 Å². The number of nitrogens with zero attached hydrogens (tertiary/aromatic N) is 4. The van der Waals surface area contributed by atoms with Crippen LogP contribution in [0.4, 0.5) is 11.4 Å². The SMILES string of the molecule is CCOC(=O)C1=C(c2ccccc2)N=c2s/c(=C\c3cc([N+](=O)[O-])c(O)c([N+](=O)[O-])c3)c(=O)n2[C@@H]1c1ccc(C(C)C)cc1. The first-order valence-corrected chi connectivity index (χ1v) is 14.4. The molecule has 0 radical (unpaired) electrons. The Bertz CT molecular complexity index is 1980. The van der Waals surface area contributed by atoms with Crippen LogP contribution in [0.5, 0.6) is 5.75 Å². The maximum Gasteiger partial charge on any atom is 0.338 e. The Morgan fingerprint density at radius 2 is 1.68 bits per heavy atom. The van der Waals surface area contributed by atoms with Gasteiger partial charge in [-0.3, -0.25) is 29.6 Å². The molecule has 4 aromatic rings. The fraction of sp³-hybridized carbons (Fsp3) is 0.194. The number of benzene rings is 3. The largest absolute Gasteiger partial charge is 0.497 e. The third kappa shape index (κ3) is 5.52. The van der Waals surface area contributed by atoms with E-state index in [9.17, 15) is 34.9 Å². The molecule has 13 heteroatoms. The summed E-state index contributed by atoms with van der Waals surface area (Å²) in [7, 11) is 0. The van der Waals surface area contributed by atoms with Crippen LogP contribution in [0.3, 0.4) is 0 Å². The van der Waals surface area contributed by atoms with Crippen LogP contribution in [0.25, 0.3) is 11.8 Å². The number of hydrogen-bond acceptors (Lipinski definition) is 10. The van der Waals surface area contributed by atoms with Crippen LogP contribution in [0.1, 0.15) is 55.0 Å². The van der Waals surface area contributed by atoms with E-state index in [2.05, 4.69) is 0 Å². The summed E-state index contributed by atoms with van der Waals surface area (Å²) < 4.78 is 6.88. The summed E-state index contributed by atoms with van der Waals surface area (Å²) in [6.07, 6.45) is 1.26. The lowest BCUT2D eigenvalue weighted by molar-refractivity contribution is -0.396. The summed E-state index contributed by atoms with van der Waals surface area (Å²) in [5.41, 5.74) is 0.425. The Balaban J connectivity index is 1.82. The van der Waals surface area contributed by atoms with E-state index in [4.69, 9.17) is 9.73 Å². The number of esters is 1. The normalized spacial score (nSPS) is 14.7. The fourth-order valence-corrected chi connectivity index (χ4v) is 5.96. The van der Waals surface area contributed by atoms with Gasteiger partial charge in [0, 0.05) is 17.7 Å². The molecule has 0 unspecified atom stereocenters. The number of hydrogen-bond donors (Lipinski definition) is 1. The number of nitro benzene ring substituents is 2. The predicted octanol–water partition coefficient (Wildman–Crippen LogP) is 4.58. The van der Waals surface area contributed by atoms with Crippen molar-refractivity contribution in [1.29, 1.82) is 0 Å². The van der Waals surface area contributed by atoms with Gasteiger partial charge >= 0.3 is 17.3 Å². The van der Waals surface area contributed by atoms with Crippen LogP contribution < -0.4 is 14.9 Å². The number of phenols is 1. The quantitative estimate of drug-likeness (QED) is 0.171. The van der Waals surface area contributed by atoms with Crippen molar-refractivity contribution in [2.45, 2.75) is 32.7 Å². The zero-order valence-corrected chi connectivity index (χ0v) is 24.6. The highest BCUT2D eigenvalue weighted by atomic mass is 32.1. The maximum atomic E-state index is 14.0. The topological polar surface area (TPSA) is 167 Å². The molecule has 0 aliphatic carbocycles. The Hall–Kier alpha value is -5.43. The first kappa shape index (κ1) is 30.0. The maximum absolute atomic E-state index is 14.0. The molecule has 3 aromatic carbocycles. The Morgan fingerprint density at radius 3 is 2.23 bits per heavy atom. The van der Waals surface area contributed by atoms with Gasteiger partial charge in [-0.1, -0.05) is 79.8 Å². The predicted molar refractivity (Wildman–Crippen MR) is 163 cm³/mol. The first-order chi connectivity index (χ1) is 21.0. The van der Waals surface area contributed by atoms with Gasteiger partial charge in [-0.25, -0.2) is 9.79 Å². The fourth-order valence-electron chi connectivity index (χ4n) is 4.96. The van der Waals surface area contributed by atoms with E-state index < -0.39 is 44.5 Å². The average molecular weight is 615 g/mol. The second kappa shape index (κ2) is 12.1. The molecule has 0 bridgehead atoms. The molecule has 12 nitrogen and oxygen atoms in total. The highest BCUT2D eigenvalue weighted by Crippen LogP contribution is 2.38. The molecule has 5 rings (SSSR count). The van der Waals surface area contributed by atoms with Gasteiger partial charge < -0.3 is 9.84 Å². The summed E-state index contributed by atoms with van der Waals surface area (Å²) in [5, 5.41) is 33.1. The minimum Gasteiger partial charge on any atom is -0.497 e. The number of ether oxygens (including phenoxy) is 1. The zero-order valence-electron chi connectivity index (χ0n) is 23.8. The van der Waals surface area contributed by atoms with Crippen molar-refractivity contribution in [2.24, 2.45) is 4.99 Å². The van der Waals surface area contributed by atoms with Crippen molar-refractivity contribution < 1.29 is 24.5 Å². The van der Waals surface area contributed by atoms with E-state index >= 15 is 0 Å². The summed E-state index contributed by atoms with van der Waals surface area (Å²) >= 11 is 0.961. The molecular formula is C31H26N4O8S. The van der Waals surface area contributed by atoms with Crippen molar-refractivity contribution >= 4 is 40.5 Å². The number of carbonyl (C=O) groups is 1. The molecule has 1 atom stereocenters. The van der Waals surface area contributed by atoms with Gasteiger partial charge in [0.15, 0.2) is 4.80 Å². The van der Waals surface area contributed by atoms with Crippen LogP contribution in [0.2, 0.25) is 0 Å². The third-order valence-electron chi connectivity index (χ3n) is 7.08. The van der Waals surface area contributed by atoms with Crippen LogP contribution in [0.15, 0.2) is 82.1 Å². The molecule has 1 aliphatic rings. The van der Waals surface area contributed by atoms with Crippen molar-refractivity contribution in [1.82, 2.24) is 4.57 Å². The molecule has 0 spiro atoms. The van der Waals surface area contributed by atoms with Crippen molar-refractivity contribution in [3.05, 3.63) is 134 Å². The number of aromatic nitrogens is 1. The van der Waals surface area contributed by atoms with Crippen LogP contribution in [-0.2, 0) is 9.53 Å². The summed E-state index contributed by atoms with van der Waals surface area (Å²) in [4.78, 5) is 53.7.